The number of aromatic nitrogens is 1. The molecule has 1 aromatic rings. The minimum Gasteiger partial charge on any atom is -0.383 e. The molecule has 1 unspecified atom stereocenters. The number of ether oxygens (including phenoxy) is 1. The van der Waals surface area contributed by atoms with E-state index in [-0.39, 0.29) is 5.38 Å². The summed E-state index contributed by atoms with van der Waals surface area (Å²) in [6, 6.07) is 2.03. The van der Waals surface area contributed by atoms with Crippen LogP contribution in [0, 0.1) is 6.92 Å². The highest BCUT2D eigenvalue weighted by Gasteiger charge is 2.10. The number of aryl methyl sites for hydroxylation is 1. The lowest BCUT2D eigenvalue weighted by Crippen LogP contribution is -2.29. The molecule has 16 heavy (non-hydrogen) atoms. The Bertz CT molecular complexity index is 349. The van der Waals surface area contributed by atoms with Crippen LogP contribution < -0.4 is 4.90 Å². The third-order valence-corrected chi connectivity index (χ3v) is 3.34. The number of hydrogen-bond donors (Lipinski definition) is 0. The fourth-order valence-corrected chi connectivity index (χ4v) is 1.91. The van der Waals surface area contributed by atoms with E-state index in [4.69, 9.17) is 16.3 Å². The summed E-state index contributed by atoms with van der Waals surface area (Å²) in [5.74, 6) is 0.919. The molecule has 1 heterocycles. The maximum absolute atomic E-state index is 6.09. The highest BCUT2D eigenvalue weighted by atomic mass is 79.9. The largest absolute Gasteiger partial charge is 0.383 e. The van der Waals surface area contributed by atoms with Gasteiger partial charge >= 0.3 is 0 Å². The number of halogens is 2. The number of pyridine rings is 1. The molecule has 0 aliphatic carbocycles. The predicted molar refractivity (Wildman–Crippen MR) is 71.5 cm³/mol. The molecule has 1 atom stereocenters. The van der Waals surface area contributed by atoms with E-state index < -0.39 is 0 Å². The van der Waals surface area contributed by atoms with Crippen molar-refractivity contribution in [1.82, 2.24) is 4.98 Å². The molecule has 0 saturated heterocycles. The summed E-state index contributed by atoms with van der Waals surface area (Å²) in [5, 5.41) is -0.0271. The minimum absolute atomic E-state index is 0.0271. The van der Waals surface area contributed by atoms with Crippen LogP contribution in [0.25, 0.3) is 0 Å². The molecule has 1 aromatic heterocycles. The first kappa shape index (κ1) is 13.7. The highest BCUT2D eigenvalue weighted by Crippen LogP contribution is 2.19. The van der Waals surface area contributed by atoms with E-state index in [0.29, 0.717) is 13.2 Å². The van der Waals surface area contributed by atoms with Crippen molar-refractivity contribution in [3.8, 4) is 0 Å². The van der Waals surface area contributed by atoms with Crippen LogP contribution in [0.2, 0.25) is 0 Å². The van der Waals surface area contributed by atoms with E-state index in [9.17, 15) is 0 Å². The lowest BCUT2D eigenvalue weighted by molar-refractivity contribution is 0.199. The van der Waals surface area contributed by atoms with Gasteiger partial charge in [-0.1, -0.05) is 0 Å². The Kier molecular flexibility index (Phi) is 5.52. The van der Waals surface area contributed by atoms with Gasteiger partial charge < -0.3 is 9.64 Å². The van der Waals surface area contributed by atoms with Crippen LogP contribution >= 0.6 is 27.5 Å². The summed E-state index contributed by atoms with van der Waals surface area (Å²) >= 11 is 9.52. The highest BCUT2D eigenvalue weighted by molar-refractivity contribution is 9.10. The normalized spacial score (nSPS) is 12.6. The molecular weight excluding hydrogens is 291 g/mol. The summed E-state index contributed by atoms with van der Waals surface area (Å²) in [4.78, 5) is 6.36. The lowest BCUT2D eigenvalue weighted by Gasteiger charge is -2.21. The Hall–Kier alpha value is -0.320. The zero-order valence-corrected chi connectivity index (χ0v) is 12.0. The van der Waals surface area contributed by atoms with Gasteiger partial charge in [0.25, 0.3) is 0 Å². The van der Waals surface area contributed by atoms with Gasteiger partial charge in [-0.25, -0.2) is 4.98 Å². The average Bonchev–Trinajstić information content (AvgIpc) is 2.22. The topological polar surface area (TPSA) is 25.4 Å². The first-order valence-corrected chi connectivity index (χ1v) is 6.23. The van der Waals surface area contributed by atoms with Crippen molar-refractivity contribution in [3.05, 3.63) is 22.3 Å². The number of rotatable bonds is 5. The van der Waals surface area contributed by atoms with Crippen LogP contribution in [-0.4, -0.2) is 37.7 Å². The van der Waals surface area contributed by atoms with Gasteiger partial charge in [-0.2, -0.15) is 0 Å². The Balaban J connectivity index is 2.65. The monoisotopic (exact) mass is 306 g/mol. The fourth-order valence-electron chi connectivity index (χ4n) is 1.36. The number of anilines is 1. The van der Waals surface area contributed by atoms with Crippen LogP contribution in [0.5, 0.6) is 0 Å². The van der Waals surface area contributed by atoms with Crippen LogP contribution in [0.3, 0.4) is 0 Å². The van der Waals surface area contributed by atoms with Crippen LogP contribution in [0.15, 0.2) is 16.7 Å². The molecule has 0 spiro atoms. The standard InChI is InChI=1S/C11H16BrClN2O/c1-8-4-11(14-5-10(8)12)15(2)6-9(13)7-16-3/h4-5,9H,6-7H2,1-3H3. The second-order valence-electron chi connectivity index (χ2n) is 3.72. The van der Waals surface area contributed by atoms with Crippen molar-refractivity contribution < 1.29 is 4.74 Å². The zero-order valence-electron chi connectivity index (χ0n) is 9.70. The SMILES string of the molecule is COCC(Cl)CN(C)c1cc(C)c(Br)cn1. The van der Waals surface area contributed by atoms with Gasteiger partial charge in [0.15, 0.2) is 0 Å². The Morgan fingerprint density at radius 3 is 2.88 bits per heavy atom. The quantitative estimate of drug-likeness (QED) is 0.782. The van der Waals surface area contributed by atoms with E-state index in [2.05, 4.69) is 20.9 Å². The molecule has 0 aliphatic heterocycles. The third kappa shape index (κ3) is 3.92. The van der Waals surface area contributed by atoms with Gasteiger partial charge in [-0.15, -0.1) is 11.6 Å². The molecule has 0 aromatic carbocycles. The summed E-state index contributed by atoms with van der Waals surface area (Å²) in [5.41, 5.74) is 1.16. The molecule has 3 nitrogen and oxygen atoms in total. The Morgan fingerprint density at radius 1 is 1.62 bits per heavy atom. The number of nitrogens with zero attached hydrogens (tertiary/aromatic N) is 2. The summed E-state index contributed by atoms with van der Waals surface area (Å²) in [6.07, 6.45) is 1.81. The van der Waals surface area contributed by atoms with Crippen molar-refractivity contribution >= 4 is 33.3 Å². The van der Waals surface area contributed by atoms with E-state index in [1.165, 1.54) is 0 Å². The van der Waals surface area contributed by atoms with Gasteiger partial charge in [0.05, 0.1) is 12.0 Å². The van der Waals surface area contributed by atoms with Gasteiger partial charge in [0.2, 0.25) is 0 Å². The van der Waals surface area contributed by atoms with Crippen LogP contribution in [0.4, 0.5) is 5.82 Å². The maximum Gasteiger partial charge on any atom is 0.128 e. The van der Waals surface area contributed by atoms with Crippen LogP contribution in [0.1, 0.15) is 5.56 Å². The molecule has 0 bridgehead atoms. The molecule has 0 aliphatic rings. The minimum atomic E-state index is -0.0271. The molecule has 0 amide bonds. The van der Waals surface area contributed by atoms with E-state index in [0.717, 1.165) is 15.9 Å². The van der Waals surface area contributed by atoms with Crippen molar-refractivity contribution in [3.63, 3.8) is 0 Å². The van der Waals surface area contributed by atoms with Crippen molar-refractivity contribution in [2.75, 3.05) is 32.2 Å². The lowest BCUT2D eigenvalue weighted by atomic mass is 10.3. The molecule has 0 fully saturated rings. The maximum atomic E-state index is 6.09. The smallest absolute Gasteiger partial charge is 0.128 e. The average molecular weight is 308 g/mol. The Morgan fingerprint density at radius 2 is 2.31 bits per heavy atom. The van der Waals surface area contributed by atoms with E-state index in [1.54, 1.807) is 13.3 Å². The van der Waals surface area contributed by atoms with Gasteiger partial charge in [-0.05, 0) is 34.5 Å². The summed E-state index contributed by atoms with van der Waals surface area (Å²) in [6.45, 7) is 3.29. The first-order chi connectivity index (χ1) is 7.54. The molecule has 5 heteroatoms. The van der Waals surface area contributed by atoms with Crippen LogP contribution in [-0.2, 0) is 4.74 Å². The van der Waals surface area contributed by atoms with Gasteiger partial charge in [-0.3, -0.25) is 0 Å². The molecule has 0 N–H and O–H groups in total. The molecule has 1 rings (SSSR count). The molecular formula is C11H16BrClN2O. The number of alkyl halides is 1. The van der Waals surface area contributed by atoms with Gasteiger partial charge in [0, 0.05) is 31.4 Å². The van der Waals surface area contributed by atoms with E-state index >= 15 is 0 Å². The molecule has 0 radical (unpaired) electrons. The van der Waals surface area contributed by atoms with Crippen molar-refractivity contribution in [2.24, 2.45) is 0 Å². The van der Waals surface area contributed by atoms with E-state index in [1.807, 2.05) is 24.9 Å². The third-order valence-electron chi connectivity index (χ3n) is 2.24. The molecule has 0 saturated carbocycles. The Labute approximate surface area is 110 Å². The second kappa shape index (κ2) is 6.42. The number of hydrogen-bond acceptors (Lipinski definition) is 3. The second-order valence-corrected chi connectivity index (χ2v) is 5.20. The van der Waals surface area contributed by atoms with Crippen molar-refractivity contribution in [1.29, 1.82) is 0 Å². The molecule has 90 valence electrons. The fraction of sp³-hybridized carbons (Fsp3) is 0.545. The zero-order chi connectivity index (χ0) is 12.1. The number of methoxy groups -OCH3 is 1. The predicted octanol–water partition coefficient (Wildman–Crippen LogP) is 2.84. The van der Waals surface area contributed by atoms with Gasteiger partial charge in [0.1, 0.15) is 5.82 Å². The first-order valence-electron chi connectivity index (χ1n) is 5.01. The summed E-state index contributed by atoms with van der Waals surface area (Å²) in [7, 11) is 3.62. The van der Waals surface area contributed by atoms with Crippen molar-refractivity contribution in [2.45, 2.75) is 12.3 Å². The summed E-state index contributed by atoms with van der Waals surface area (Å²) < 4.78 is 6.01.